The Hall–Kier alpha value is -6.98. The molecule has 0 atom stereocenters. The molecule has 0 fully saturated rings. The van der Waals surface area contributed by atoms with Gasteiger partial charge in [-0.15, -0.1) is 0 Å². The van der Waals surface area contributed by atoms with Crippen LogP contribution in [0.2, 0.25) is 0 Å². The molecule has 0 unspecified atom stereocenters. The Morgan fingerprint density at radius 2 is 0.804 bits per heavy atom. The normalized spacial score (nSPS) is 11.5. The lowest BCUT2D eigenvalue weighted by molar-refractivity contribution is 1.07. The summed E-state index contributed by atoms with van der Waals surface area (Å²) in [5.41, 5.74) is 14.1. The van der Waals surface area contributed by atoms with E-state index in [1.54, 1.807) is 0 Å². The first kappa shape index (κ1) is 29.0. The summed E-state index contributed by atoms with van der Waals surface area (Å²) in [6.07, 6.45) is 0. The number of aromatic nitrogens is 5. The molecule has 0 bridgehead atoms. The third-order valence-corrected chi connectivity index (χ3v) is 9.63. The summed E-state index contributed by atoms with van der Waals surface area (Å²) in [6.45, 7) is 0. The highest BCUT2D eigenvalue weighted by Gasteiger charge is 2.25. The van der Waals surface area contributed by atoms with Crippen molar-refractivity contribution in [2.75, 3.05) is 0 Å². The molecule has 9 aromatic rings. The monoisotopic (exact) mass is 651 g/mol. The van der Waals surface area contributed by atoms with Gasteiger partial charge in [0.2, 0.25) is 0 Å². The van der Waals surface area contributed by atoms with E-state index in [1.165, 1.54) is 22.3 Å². The second-order valence-electron chi connectivity index (χ2n) is 12.7. The fourth-order valence-corrected chi connectivity index (χ4v) is 7.21. The fourth-order valence-electron chi connectivity index (χ4n) is 7.21. The zero-order valence-electron chi connectivity index (χ0n) is 27.5. The van der Waals surface area contributed by atoms with Crippen molar-refractivity contribution < 1.29 is 0 Å². The van der Waals surface area contributed by atoms with E-state index in [-0.39, 0.29) is 0 Å². The predicted molar refractivity (Wildman–Crippen MR) is 206 cm³/mol. The summed E-state index contributed by atoms with van der Waals surface area (Å²) < 4.78 is 2.34. The minimum atomic E-state index is 0.635. The van der Waals surface area contributed by atoms with Crippen molar-refractivity contribution in [3.63, 3.8) is 0 Å². The van der Waals surface area contributed by atoms with Gasteiger partial charge in [0.25, 0.3) is 0 Å². The molecule has 0 saturated heterocycles. The third-order valence-electron chi connectivity index (χ3n) is 9.63. The first-order valence-corrected chi connectivity index (χ1v) is 17.1. The molecule has 51 heavy (non-hydrogen) atoms. The molecule has 0 aliphatic carbocycles. The highest BCUT2D eigenvalue weighted by atomic mass is 15.1. The second-order valence-corrected chi connectivity index (χ2v) is 12.7. The van der Waals surface area contributed by atoms with Crippen LogP contribution in [0.5, 0.6) is 0 Å². The van der Waals surface area contributed by atoms with E-state index in [1.807, 2.05) is 60.7 Å². The number of benzene rings is 7. The van der Waals surface area contributed by atoms with E-state index < -0.39 is 0 Å². The number of hydrogen-bond donors (Lipinski definition) is 0. The molecule has 0 saturated carbocycles. The standard InChI is InChI=1S/C46H29N5/c1-3-13-31(14-4-1)43-48-44(32-15-5-2-6-16-32)50-45(49-43)35-18-11-17-34(29-35)30-25-27-33(28-26-30)46-47-40-23-12-22-39-37-20-8-7-19-36(37)38-21-9-10-24-41(38)51(46)42(39)40/h1-29H. The van der Waals surface area contributed by atoms with Crippen LogP contribution in [-0.2, 0) is 0 Å². The van der Waals surface area contributed by atoms with Crippen molar-refractivity contribution in [1.29, 1.82) is 0 Å². The maximum atomic E-state index is 5.23. The Labute approximate surface area is 295 Å². The van der Waals surface area contributed by atoms with E-state index in [0.717, 1.165) is 55.9 Å². The highest BCUT2D eigenvalue weighted by molar-refractivity contribution is 6.03. The Kier molecular flexibility index (Phi) is 6.74. The molecule has 0 spiro atoms. The lowest BCUT2D eigenvalue weighted by Crippen LogP contribution is -2.00. The molecule has 0 amide bonds. The van der Waals surface area contributed by atoms with Gasteiger partial charge in [-0.05, 0) is 40.5 Å². The average Bonchev–Trinajstić information content (AvgIpc) is 3.56. The van der Waals surface area contributed by atoms with Crippen LogP contribution in [0.1, 0.15) is 0 Å². The zero-order valence-corrected chi connectivity index (χ0v) is 27.5. The second kappa shape index (κ2) is 11.9. The van der Waals surface area contributed by atoms with Gasteiger partial charge in [0.15, 0.2) is 17.5 Å². The number of imidazole rings is 1. The molecule has 238 valence electrons. The minimum Gasteiger partial charge on any atom is -0.291 e. The number of hydrogen-bond acceptors (Lipinski definition) is 4. The molecule has 5 nitrogen and oxygen atoms in total. The maximum absolute atomic E-state index is 5.23. The average molecular weight is 652 g/mol. The Bertz CT molecular complexity index is 2670. The lowest BCUT2D eigenvalue weighted by Gasteiger charge is -2.13. The third kappa shape index (κ3) is 4.94. The van der Waals surface area contributed by atoms with E-state index in [9.17, 15) is 0 Å². The SMILES string of the molecule is c1ccc(-c2nc(-c3ccccc3)nc(-c3cccc(-c4ccc(-c5nc6cccc7c6n5-c5ccccc5-c5ccccc5-7)cc4)c3)n2)cc1. The van der Waals surface area contributed by atoms with Crippen LogP contribution in [0.25, 0.3) is 95.7 Å². The van der Waals surface area contributed by atoms with Crippen LogP contribution >= 0.6 is 0 Å². The number of nitrogens with zero attached hydrogens (tertiary/aromatic N) is 5. The molecule has 0 N–H and O–H groups in total. The molecular formula is C46H29N5. The maximum Gasteiger partial charge on any atom is 0.164 e. The highest BCUT2D eigenvalue weighted by Crippen LogP contribution is 2.45. The first-order chi connectivity index (χ1) is 25.3. The summed E-state index contributed by atoms with van der Waals surface area (Å²) in [6, 6.07) is 61.0. The number of fused-ring (bicyclic) bond motifs is 5. The van der Waals surface area contributed by atoms with Crippen molar-refractivity contribution >= 4 is 11.0 Å². The molecule has 7 aromatic carbocycles. The van der Waals surface area contributed by atoms with Gasteiger partial charge in [-0.1, -0.05) is 158 Å². The smallest absolute Gasteiger partial charge is 0.164 e. The zero-order chi connectivity index (χ0) is 33.7. The number of para-hydroxylation sites is 2. The van der Waals surface area contributed by atoms with Gasteiger partial charge in [0.05, 0.1) is 16.7 Å². The minimum absolute atomic E-state index is 0.635. The molecule has 1 aliphatic rings. The Morgan fingerprint density at radius 3 is 1.49 bits per heavy atom. The summed E-state index contributed by atoms with van der Waals surface area (Å²) in [5, 5.41) is 0. The summed E-state index contributed by atoms with van der Waals surface area (Å²) in [7, 11) is 0. The van der Waals surface area contributed by atoms with Crippen molar-refractivity contribution in [3.05, 3.63) is 176 Å². The first-order valence-electron chi connectivity index (χ1n) is 17.1. The van der Waals surface area contributed by atoms with E-state index >= 15 is 0 Å². The molecule has 10 rings (SSSR count). The van der Waals surface area contributed by atoms with Gasteiger partial charge in [-0.3, -0.25) is 4.57 Å². The largest absolute Gasteiger partial charge is 0.291 e. The van der Waals surface area contributed by atoms with E-state index in [0.29, 0.717) is 17.5 Å². The number of rotatable bonds is 5. The van der Waals surface area contributed by atoms with Crippen LogP contribution in [0.4, 0.5) is 0 Å². The van der Waals surface area contributed by atoms with Gasteiger partial charge in [-0.2, -0.15) is 0 Å². The molecule has 5 heteroatoms. The molecule has 3 heterocycles. The van der Waals surface area contributed by atoms with Gasteiger partial charge in [0, 0.05) is 33.4 Å². The van der Waals surface area contributed by atoms with Gasteiger partial charge in [0.1, 0.15) is 5.82 Å². The van der Waals surface area contributed by atoms with E-state index in [4.69, 9.17) is 19.9 Å². The van der Waals surface area contributed by atoms with Crippen LogP contribution in [0.3, 0.4) is 0 Å². The van der Waals surface area contributed by atoms with Gasteiger partial charge in [-0.25, -0.2) is 19.9 Å². The Balaban J connectivity index is 1.06. The molecule has 2 aromatic heterocycles. The van der Waals surface area contributed by atoms with Crippen molar-refractivity contribution in [1.82, 2.24) is 24.5 Å². The van der Waals surface area contributed by atoms with Crippen LogP contribution < -0.4 is 0 Å². The van der Waals surface area contributed by atoms with Gasteiger partial charge < -0.3 is 0 Å². The molecular weight excluding hydrogens is 623 g/mol. The summed E-state index contributed by atoms with van der Waals surface area (Å²) in [5.74, 6) is 2.85. The van der Waals surface area contributed by atoms with Crippen molar-refractivity contribution in [2.24, 2.45) is 0 Å². The lowest BCUT2D eigenvalue weighted by atomic mass is 9.94. The van der Waals surface area contributed by atoms with Crippen LogP contribution in [-0.4, -0.2) is 24.5 Å². The predicted octanol–water partition coefficient (Wildman–Crippen LogP) is 11.2. The Morgan fingerprint density at radius 1 is 0.314 bits per heavy atom. The van der Waals surface area contributed by atoms with E-state index in [2.05, 4.69) is 120 Å². The van der Waals surface area contributed by atoms with Crippen molar-refractivity contribution in [2.45, 2.75) is 0 Å². The van der Waals surface area contributed by atoms with Crippen LogP contribution in [0, 0.1) is 0 Å². The van der Waals surface area contributed by atoms with Gasteiger partial charge >= 0.3 is 0 Å². The quantitative estimate of drug-likeness (QED) is 0.186. The topological polar surface area (TPSA) is 56.5 Å². The molecule has 1 aliphatic heterocycles. The summed E-state index contributed by atoms with van der Waals surface area (Å²) >= 11 is 0. The summed E-state index contributed by atoms with van der Waals surface area (Å²) in [4.78, 5) is 20.0. The fraction of sp³-hybridized carbons (Fsp3) is 0. The molecule has 0 radical (unpaired) electrons. The van der Waals surface area contributed by atoms with Crippen LogP contribution in [0.15, 0.2) is 176 Å². The van der Waals surface area contributed by atoms with Crippen molar-refractivity contribution in [3.8, 4) is 84.6 Å².